The van der Waals surface area contributed by atoms with E-state index in [1.807, 2.05) is 6.20 Å². The molecule has 0 saturated heterocycles. The van der Waals surface area contributed by atoms with Gasteiger partial charge in [-0.25, -0.2) is 0 Å². The van der Waals surface area contributed by atoms with Crippen LogP contribution in [0.2, 0.25) is 0 Å². The third-order valence-corrected chi connectivity index (χ3v) is 4.10. The van der Waals surface area contributed by atoms with Gasteiger partial charge in [-0.3, -0.25) is 4.98 Å². The van der Waals surface area contributed by atoms with E-state index in [9.17, 15) is 0 Å². The van der Waals surface area contributed by atoms with E-state index in [4.69, 9.17) is 0 Å². The third-order valence-electron chi connectivity index (χ3n) is 4.10. The largest absolute Gasteiger partial charge is 0.260 e. The summed E-state index contributed by atoms with van der Waals surface area (Å²) in [6.45, 7) is 8.77. The van der Waals surface area contributed by atoms with Crippen molar-refractivity contribution in [3.8, 4) is 11.1 Å². The second kappa shape index (κ2) is 3.43. The first-order valence-corrected chi connectivity index (χ1v) is 6.14. The minimum Gasteiger partial charge on any atom is -0.260 e. The molecule has 1 heteroatoms. The Morgan fingerprint density at radius 1 is 0.882 bits per heavy atom. The van der Waals surface area contributed by atoms with E-state index < -0.39 is 0 Å². The molecule has 0 unspecified atom stereocenters. The number of fused-ring (bicyclic) bond motifs is 3. The Hall–Kier alpha value is -1.63. The number of hydrogen-bond acceptors (Lipinski definition) is 1. The fourth-order valence-electron chi connectivity index (χ4n) is 2.76. The lowest BCUT2D eigenvalue weighted by Crippen LogP contribution is -1.93. The summed E-state index contributed by atoms with van der Waals surface area (Å²) in [6, 6.07) is 4.48. The number of pyridine rings is 1. The SMILES string of the molecule is Cc1ccc2c(c1C)-c1c(ncc(C)c1C)C2. The predicted molar refractivity (Wildman–Crippen MR) is 71.4 cm³/mol. The molecule has 2 aromatic rings. The van der Waals surface area contributed by atoms with E-state index in [2.05, 4.69) is 44.8 Å². The molecule has 3 rings (SSSR count). The van der Waals surface area contributed by atoms with Crippen LogP contribution in [0.5, 0.6) is 0 Å². The molecule has 1 heterocycles. The Morgan fingerprint density at radius 3 is 2.35 bits per heavy atom. The van der Waals surface area contributed by atoms with Crippen LogP contribution in [0.15, 0.2) is 18.3 Å². The average molecular weight is 223 g/mol. The highest BCUT2D eigenvalue weighted by Gasteiger charge is 2.24. The van der Waals surface area contributed by atoms with Crippen LogP contribution in [0.4, 0.5) is 0 Å². The van der Waals surface area contributed by atoms with Crippen LogP contribution >= 0.6 is 0 Å². The number of hydrogen-bond donors (Lipinski definition) is 0. The molecular weight excluding hydrogens is 206 g/mol. The zero-order valence-electron chi connectivity index (χ0n) is 10.9. The molecule has 1 aliphatic carbocycles. The van der Waals surface area contributed by atoms with Gasteiger partial charge in [0.05, 0.1) is 5.69 Å². The third kappa shape index (κ3) is 1.35. The lowest BCUT2D eigenvalue weighted by molar-refractivity contribution is 1.09. The van der Waals surface area contributed by atoms with Crippen LogP contribution in [0, 0.1) is 27.7 Å². The van der Waals surface area contributed by atoms with Gasteiger partial charge in [0, 0.05) is 18.2 Å². The molecule has 0 fully saturated rings. The average Bonchev–Trinajstić information content (AvgIpc) is 2.69. The molecule has 0 spiro atoms. The summed E-state index contributed by atoms with van der Waals surface area (Å²) in [5.74, 6) is 0. The second-order valence-electron chi connectivity index (χ2n) is 5.11. The summed E-state index contributed by atoms with van der Waals surface area (Å²) in [4.78, 5) is 4.61. The molecular formula is C16H17N. The Bertz CT molecular complexity index is 568. The predicted octanol–water partition coefficient (Wildman–Crippen LogP) is 3.89. The first kappa shape index (κ1) is 10.5. The van der Waals surface area contributed by atoms with Crippen LogP contribution in [-0.4, -0.2) is 4.98 Å². The van der Waals surface area contributed by atoms with Gasteiger partial charge in [-0.1, -0.05) is 12.1 Å². The fraction of sp³-hybridized carbons (Fsp3) is 0.312. The maximum atomic E-state index is 4.61. The molecule has 0 aliphatic heterocycles. The van der Waals surface area contributed by atoms with Crippen molar-refractivity contribution < 1.29 is 0 Å². The molecule has 0 atom stereocenters. The van der Waals surface area contributed by atoms with Crippen LogP contribution in [-0.2, 0) is 6.42 Å². The highest BCUT2D eigenvalue weighted by atomic mass is 14.7. The lowest BCUT2D eigenvalue weighted by Gasteiger charge is -2.11. The van der Waals surface area contributed by atoms with Crippen LogP contribution in [0.1, 0.15) is 33.5 Å². The van der Waals surface area contributed by atoms with E-state index in [-0.39, 0.29) is 0 Å². The van der Waals surface area contributed by atoms with Gasteiger partial charge in [0.25, 0.3) is 0 Å². The summed E-state index contributed by atoms with van der Waals surface area (Å²) < 4.78 is 0. The molecule has 0 radical (unpaired) electrons. The molecule has 0 bridgehead atoms. The summed E-state index contributed by atoms with van der Waals surface area (Å²) in [6.07, 6.45) is 3.00. The molecule has 1 aromatic heterocycles. The highest BCUT2D eigenvalue weighted by Crippen LogP contribution is 2.41. The number of nitrogens with zero attached hydrogens (tertiary/aromatic N) is 1. The Balaban J connectivity index is 2.40. The topological polar surface area (TPSA) is 12.9 Å². The molecule has 1 nitrogen and oxygen atoms in total. The Kier molecular flexibility index (Phi) is 2.12. The van der Waals surface area contributed by atoms with Crippen molar-refractivity contribution in [2.24, 2.45) is 0 Å². The quantitative estimate of drug-likeness (QED) is 0.563. The molecule has 1 aromatic carbocycles. The number of benzene rings is 1. The van der Waals surface area contributed by atoms with Gasteiger partial charge in [0.2, 0.25) is 0 Å². The van der Waals surface area contributed by atoms with E-state index in [0.29, 0.717) is 0 Å². The first-order chi connectivity index (χ1) is 8.09. The van der Waals surface area contributed by atoms with Crippen molar-refractivity contribution in [1.29, 1.82) is 0 Å². The molecule has 0 saturated carbocycles. The molecule has 1 aliphatic rings. The van der Waals surface area contributed by atoms with Gasteiger partial charge in [-0.2, -0.15) is 0 Å². The van der Waals surface area contributed by atoms with E-state index in [0.717, 1.165) is 6.42 Å². The monoisotopic (exact) mass is 223 g/mol. The van der Waals surface area contributed by atoms with Gasteiger partial charge in [0.15, 0.2) is 0 Å². The molecule has 17 heavy (non-hydrogen) atoms. The van der Waals surface area contributed by atoms with Crippen molar-refractivity contribution in [2.45, 2.75) is 34.1 Å². The smallest absolute Gasteiger partial charge is 0.0528 e. The minimum absolute atomic E-state index is 0.993. The van der Waals surface area contributed by atoms with Crippen LogP contribution in [0.25, 0.3) is 11.1 Å². The summed E-state index contributed by atoms with van der Waals surface area (Å²) >= 11 is 0. The fourth-order valence-corrected chi connectivity index (χ4v) is 2.76. The molecule has 0 amide bonds. The lowest BCUT2D eigenvalue weighted by atomic mass is 9.94. The molecule has 0 N–H and O–H groups in total. The zero-order chi connectivity index (χ0) is 12.2. The number of rotatable bonds is 0. The van der Waals surface area contributed by atoms with Crippen molar-refractivity contribution in [2.75, 3.05) is 0 Å². The summed E-state index contributed by atoms with van der Waals surface area (Å²) in [5.41, 5.74) is 11.0. The van der Waals surface area contributed by atoms with Crippen molar-refractivity contribution in [3.63, 3.8) is 0 Å². The van der Waals surface area contributed by atoms with Crippen molar-refractivity contribution in [1.82, 2.24) is 4.98 Å². The van der Waals surface area contributed by atoms with Crippen LogP contribution in [0.3, 0.4) is 0 Å². The normalized spacial score (nSPS) is 12.5. The highest BCUT2D eigenvalue weighted by molar-refractivity contribution is 5.81. The maximum absolute atomic E-state index is 4.61. The molecule has 86 valence electrons. The van der Waals surface area contributed by atoms with Crippen molar-refractivity contribution >= 4 is 0 Å². The Morgan fingerprint density at radius 2 is 1.59 bits per heavy atom. The van der Waals surface area contributed by atoms with Gasteiger partial charge in [-0.15, -0.1) is 0 Å². The second-order valence-corrected chi connectivity index (χ2v) is 5.11. The zero-order valence-corrected chi connectivity index (χ0v) is 10.9. The summed E-state index contributed by atoms with van der Waals surface area (Å²) in [5, 5.41) is 0. The Labute approximate surface area is 103 Å². The van der Waals surface area contributed by atoms with Crippen LogP contribution < -0.4 is 0 Å². The van der Waals surface area contributed by atoms with E-state index >= 15 is 0 Å². The first-order valence-electron chi connectivity index (χ1n) is 6.14. The van der Waals surface area contributed by atoms with Gasteiger partial charge < -0.3 is 0 Å². The van der Waals surface area contributed by atoms with E-state index in [1.54, 1.807) is 0 Å². The van der Waals surface area contributed by atoms with Gasteiger partial charge in [0.1, 0.15) is 0 Å². The van der Waals surface area contributed by atoms with Gasteiger partial charge >= 0.3 is 0 Å². The maximum Gasteiger partial charge on any atom is 0.0528 e. The minimum atomic E-state index is 0.993. The number of aryl methyl sites for hydroxylation is 2. The van der Waals surface area contributed by atoms with E-state index in [1.165, 1.54) is 44.6 Å². The van der Waals surface area contributed by atoms with Gasteiger partial charge in [-0.05, 0) is 61.1 Å². The standard InChI is InChI=1S/C16H17N/c1-9-5-6-13-7-14-16(15(13)11(9)3)12(4)10(2)8-17-14/h5-6,8H,7H2,1-4H3. The van der Waals surface area contributed by atoms with Crippen molar-refractivity contribution in [3.05, 3.63) is 51.8 Å². The number of aromatic nitrogens is 1. The summed E-state index contributed by atoms with van der Waals surface area (Å²) in [7, 11) is 0.